The third-order valence-electron chi connectivity index (χ3n) is 5.71. The number of esters is 1. The van der Waals surface area contributed by atoms with Crippen molar-refractivity contribution >= 4 is 17.8 Å². The first kappa shape index (κ1) is 25.0. The van der Waals surface area contributed by atoms with Crippen molar-refractivity contribution in [2.45, 2.75) is 44.2 Å². The molecule has 3 N–H and O–H groups in total. The summed E-state index contributed by atoms with van der Waals surface area (Å²) in [6.45, 7) is 2.65. The number of rotatable bonds is 12. The molecule has 9 heteroatoms. The Balaban J connectivity index is 1.59. The average molecular weight is 471 g/mol. The van der Waals surface area contributed by atoms with Gasteiger partial charge in [0.1, 0.15) is 6.04 Å². The molecule has 0 saturated carbocycles. The van der Waals surface area contributed by atoms with Crippen LogP contribution in [0.25, 0.3) is 0 Å². The second-order valence-corrected chi connectivity index (χ2v) is 8.18. The van der Waals surface area contributed by atoms with Crippen molar-refractivity contribution in [1.82, 2.24) is 10.6 Å². The van der Waals surface area contributed by atoms with E-state index in [9.17, 15) is 19.5 Å². The molecule has 2 aromatic carbocycles. The molecule has 1 aliphatic rings. The zero-order valence-corrected chi connectivity index (χ0v) is 19.3. The molecule has 1 aliphatic heterocycles. The van der Waals surface area contributed by atoms with Crippen molar-refractivity contribution in [3.63, 3.8) is 0 Å². The molecule has 3 atom stereocenters. The van der Waals surface area contributed by atoms with Crippen LogP contribution in [0.15, 0.2) is 48.5 Å². The molecule has 0 fully saturated rings. The van der Waals surface area contributed by atoms with Crippen LogP contribution in [0.4, 0.5) is 0 Å². The Morgan fingerprint density at radius 1 is 1.06 bits per heavy atom. The van der Waals surface area contributed by atoms with Gasteiger partial charge >= 0.3 is 11.9 Å². The van der Waals surface area contributed by atoms with E-state index < -0.39 is 36.4 Å². The van der Waals surface area contributed by atoms with Gasteiger partial charge < -0.3 is 30.0 Å². The molecule has 1 heterocycles. The summed E-state index contributed by atoms with van der Waals surface area (Å²) in [6.07, 6.45) is 0.483. The predicted octanol–water partition coefficient (Wildman–Crippen LogP) is 2.24. The molecule has 9 nitrogen and oxygen atoms in total. The molecule has 1 amide bonds. The van der Waals surface area contributed by atoms with Crippen molar-refractivity contribution in [3.8, 4) is 11.5 Å². The zero-order valence-electron chi connectivity index (χ0n) is 19.3. The number of benzene rings is 2. The van der Waals surface area contributed by atoms with Crippen LogP contribution in [0.3, 0.4) is 0 Å². The van der Waals surface area contributed by atoms with Gasteiger partial charge in [0.05, 0.1) is 19.6 Å². The lowest BCUT2D eigenvalue weighted by Crippen LogP contribution is -2.52. The number of hydrogen-bond donors (Lipinski definition) is 3. The van der Waals surface area contributed by atoms with Gasteiger partial charge in [-0.05, 0) is 42.1 Å². The molecule has 0 spiro atoms. The van der Waals surface area contributed by atoms with Gasteiger partial charge in [-0.2, -0.15) is 0 Å². The number of methoxy groups -OCH3 is 1. The fourth-order valence-electron chi connectivity index (χ4n) is 3.75. The number of fused-ring (bicyclic) bond motifs is 1. The fraction of sp³-hybridized carbons (Fsp3) is 0.400. The molecule has 0 radical (unpaired) electrons. The van der Waals surface area contributed by atoms with Crippen LogP contribution >= 0.6 is 0 Å². The van der Waals surface area contributed by atoms with Gasteiger partial charge in [-0.25, -0.2) is 4.79 Å². The maximum absolute atomic E-state index is 12.9. The van der Waals surface area contributed by atoms with Crippen LogP contribution < -0.4 is 20.1 Å². The monoisotopic (exact) mass is 470 g/mol. The minimum Gasteiger partial charge on any atom is -0.481 e. The number of carboxylic acids is 1. The second-order valence-electron chi connectivity index (χ2n) is 8.18. The quantitative estimate of drug-likeness (QED) is 0.404. The highest BCUT2D eigenvalue weighted by Gasteiger charge is 2.28. The van der Waals surface area contributed by atoms with Gasteiger partial charge in [0.25, 0.3) is 0 Å². The lowest BCUT2D eigenvalue weighted by molar-refractivity contribution is -0.145. The van der Waals surface area contributed by atoms with Crippen LogP contribution in [0.2, 0.25) is 0 Å². The van der Waals surface area contributed by atoms with Crippen molar-refractivity contribution in [2.24, 2.45) is 0 Å². The van der Waals surface area contributed by atoms with Gasteiger partial charge in [-0.15, -0.1) is 0 Å². The first-order valence-corrected chi connectivity index (χ1v) is 11.1. The molecule has 0 aromatic heterocycles. The van der Waals surface area contributed by atoms with Crippen molar-refractivity contribution in [1.29, 1.82) is 0 Å². The van der Waals surface area contributed by atoms with Gasteiger partial charge in [-0.3, -0.25) is 9.59 Å². The highest BCUT2D eigenvalue weighted by molar-refractivity contribution is 5.90. The van der Waals surface area contributed by atoms with Gasteiger partial charge in [0, 0.05) is 6.42 Å². The Morgan fingerprint density at radius 3 is 2.50 bits per heavy atom. The van der Waals surface area contributed by atoms with Gasteiger partial charge in [0.15, 0.2) is 11.5 Å². The van der Waals surface area contributed by atoms with Crippen molar-refractivity contribution in [3.05, 3.63) is 59.7 Å². The number of carbonyl (C=O) groups excluding carboxylic acids is 2. The van der Waals surface area contributed by atoms with E-state index in [0.717, 1.165) is 11.1 Å². The molecular weight excluding hydrogens is 440 g/mol. The van der Waals surface area contributed by atoms with Gasteiger partial charge in [-0.1, -0.05) is 43.3 Å². The van der Waals surface area contributed by atoms with E-state index in [2.05, 4.69) is 10.6 Å². The Kier molecular flexibility index (Phi) is 8.86. The number of ether oxygens (including phenoxy) is 3. The molecule has 3 rings (SSSR count). The maximum atomic E-state index is 12.9. The van der Waals surface area contributed by atoms with E-state index in [1.54, 1.807) is 0 Å². The number of carboxylic acid groups (broad SMARTS) is 1. The van der Waals surface area contributed by atoms with E-state index in [0.29, 0.717) is 24.5 Å². The van der Waals surface area contributed by atoms with E-state index in [1.165, 1.54) is 7.11 Å². The summed E-state index contributed by atoms with van der Waals surface area (Å²) in [5.74, 6) is -0.728. The van der Waals surface area contributed by atoms with E-state index >= 15 is 0 Å². The molecule has 2 aromatic rings. The Bertz CT molecular complexity index is 996. The number of hydrogen-bond acceptors (Lipinski definition) is 7. The molecule has 1 unspecified atom stereocenters. The minimum absolute atomic E-state index is 0.136. The average Bonchev–Trinajstić information content (AvgIpc) is 3.30. The number of aliphatic carboxylic acids is 1. The van der Waals surface area contributed by atoms with E-state index in [1.807, 2.05) is 55.5 Å². The zero-order chi connectivity index (χ0) is 24.5. The SMILES string of the molecule is COC(=O)[C@@H](Cc1ccccc1)NC(=O)[C@H](CC(=O)O)NCCC(C)c1ccc2c(c1)OCO2. The summed E-state index contributed by atoms with van der Waals surface area (Å²) < 4.78 is 15.6. The highest BCUT2D eigenvalue weighted by Crippen LogP contribution is 2.35. The molecule has 34 heavy (non-hydrogen) atoms. The topological polar surface area (TPSA) is 123 Å². The van der Waals surface area contributed by atoms with Crippen LogP contribution in [0.1, 0.15) is 36.8 Å². The molecule has 0 bridgehead atoms. The third kappa shape index (κ3) is 6.95. The van der Waals surface area contributed by atoms with Crippen LogP contribution in [0, 0.1) is 0 Å². The highest BCUT2D eigenvalue weighted by atomic mass is 16.7. The lowest BCUT2D eigenvalue weighted by atomic mass is 9.97. The summed E-state index contributed by atoms with van der Waals surface area (Å²) in [5.41, 5.74) is 1.90. The summed E-state index contributed by atoms with van der Waals surface area (Å²) in [4.78, 5) is 36.5. The molecule has 0 saturated heterocycles. The fourth-order valence-corrected chi connectivity index (χ4v) is 3.75. The Labute approximate surface area is 198 Å². The normalized spacial score (nSPS) is 14.6. The van der Waals surface area contributed by atoms with Crippen LogP contribution in [-0.2, 0) is 25.5 Å². The molecular formula is C25H30N2O7. The second kappa shape index (κ2) is 12.0. The smallest absolute Gasteiger partial charge is 0.328 e. The predicted molar refractivity (Wildman–Crippen MR) is 124 cm³/mol. The summed E-state index contributed by atoms with van der Waals surface area (Å²) in [5, 5.41) is 15.0. The molecule has 182 valence electrons. The summed E-state index contributed by atoms with van der Waals surface area (Å²) >= 11 is 0. The van der Waals surface area contributed by atoms with E-state index in [4.69, 9.17) is 14.2 Å². The Hall–Kier alpha value is -3.59. The first-order chi connectivity index (χ1) is 16.4. The summed E-state index contributed by atoms with van der Waals surface area (Å²) in [6, 6.07) is 13.0. The standard InChI is InChI=1S/C25H30N2O7/c1-16(18-8-9-21-22(13-18)34-15-33-21)10-11-26-19(14-23(28)29)24(30)27-20(25(31)32-2)12-17-6-4-3-5-7-17/h3-9,13,16,19-20,26H,10-12,14-15H2,1-2H3,(H,27,30)(H,28,29)/t16?,19-,20+/m0/s1. The number of carbonyl (C=O) groups is 3. The molecule has 0 aliphatic carbocycles. The maximum Gasteiger partial charge on any atom is 0.328 e. The van der Waals surface area contributed by atoms with Crippen LogP contribution in [0.5, 0.6) is 11.5 Å². The minimum atomic E-state index is -1.12. The number of amides is 1. The summed E-state index contributed by atoms with van der Waals surface area (Å²) in [7, 11) is 1.25. The largest absolute Gasteiger partial charge is 0.481 e. The van der Waals surface area contributed by atoms with Crippen molar-refractivity contribution < 1.29 is 33.7 Å². The lowest BCUT2D eigenvalue weighted by Gasteiger charge is -2.22. The van der Waals surface area contributed by atoms with E-state index in [-0.39, 0.29) is 19.1 Å². The van der Waals surface area contributed by atoms with Crippen LogP contribution in [-0.4, -0.2) is 55.5 Å². The third-order valence-corrected chi connectivity index (χ3v) is 5.71. The Morgan fingerprint density at radius 2 is 1.79 bits per heavy atom. The first-order valence-electron chi connectivity index (χ1n) is 11.1. The number of nitrogens with one attached hydrogen (secondary N) is 2. The van der Waals surface area contributed by atoms with Crippen molar-refractivity contribution in [2.75, 3.05) is 20.4 Å². The van der Waals surface area contributed by atoms with Gasteiger partial charge in [0.2, 0.25) is 12.7 Å².